The molecule has 0 bridgehead atoms. The summed E-state index contributed by atoms with van der Waals surface area (Å²) in [5.74, 6) is 5.56. The Balaban J connectivity index is 2.13. The molecule has 3 heteroatoms. The molecule has 0 atom stereocenters. The number of hydrogen-bond acceptors (Lipinski definition) is 3. The van der Waals surface area contributed by atoms with Crippen LogP contribution >= 0.6 is 11.8 Å². The van der Waals surface area contributed by atoms with Gasteiger partial charge in [0.1, 0.15) is 0 Å². The van der Waals surface area contributed by atoms with Gasteiger partial charge in [0.05, 0.1) is 12.7 Å². The van der Waals surface area contributed by atoms with Crippen molar-refractivity contribution in [3.63, 3.8) is 0 Å². The Hall–Kier alpha value is -2.44. The van der Waals surface area contributed by atoms with Crippen LogP contribution in [0, 0.1) is 11.8 Å². The van der Waals surface area contributed by atoms with Crippen molar-refractivity contribution >= 4 is 23.8 Å². The zero-order valence-electron chi connectivity index (χ0n) is 12.5. The van der Waals surface area contributed by atoms with Crippen LogP contribution in [0.1, 0.15) is 21.5 Å². The summed E-state index contributed by atoms with van der Waals surface area (Å²) in [4.78, 5) is 12.9. The van der Waals surface area contributed by atoms with E-state index in [2.05, 4.69) is 30.2 Å². The molecular formula is C19H16O2S. The minimum absolute atomic E-state index is 0.374. The van der Waals surface area contributed by atoms with E-state index < -0.39 is 0 Å². The van der Waals surface area contributed by atoms with E-state index in [1.807, 2.05) is 24.3 Å². The summed E-state index contributed by atoms with van der Waals surface area (Å²) in [5, 5.41) is 0. The Bertz CT molecular complexity index is 734. The molecule has 0 spiro atoms. The highest BCUT2D eigenvalue weighted by molar-refractivity contribution is 7.98. The fourth-order valence-electron chi connectivity index (χ4n) is 1.85. The predicted octanol–water partition coefficient (Wildman–Crippen LogP) is 4.26. The van der Waals surface area contributed by atoms with Crippen LogP contribution in [0.5, 0.6) is 0 Å². The molecule has 0 saturated heterocycles. The minimum Gasteiger partial charge on any atom is -0.465 e. The van der Waals surface area contributed by atoms with Crippen molar-refractivity contribution in [3.05, 3.63) is 71.3 Å². The topological polar surface area (TPSA) is 26.3 Å². The number of carbonyl (C=O) groups is 1. The largest absolute Gasteiger partial charge is 0.465 e. The molecule has 0 fully saturated rings. The average Bonchev–Trinajstić information content (AvgIpc) is 2.59. The van der Waals surface area contributed by atoms with Gasteiger partial charge in [-0.05, 0) is 48.2 Å². The monoisotopic (exact) mass is 308 g/mol. The van der Waals surface area contributed by atoms with Gasteiger partial charge in [-0.25, -0.2) is 4.79 Å². The minimum atomic E-state index is -0.374. The van der Waals surface area contributed by atoms with Gasteiger partial charge in [0.2, 0.25) is 0 Å². The maximum atomic E-state index is 11.6. The molecule has 2 aromatic rings. The molecule has 0 unspecified atom stereocenters. The van der Waals surface area contributed by atoms with E-state index >= 15 is 0 Å². The summed E-state index contributed by atoms with van der Waals surface area (Å²) in [5.41, 5.74) is 2.24. The van der Waals surface area contributed by atoms with Crippen LogP contribution < -0.4 is 0 Å². The summed E-state index contributed by atoms with van der Waals surface area (Å²) < 4.78 is 4.75. The van der Waals surface area contributed by atoms with Gasteiger partial charge in [-0.15, -0.1) is 11.8 Å². The summed E-state index contributed by atoms with van der Waals surface area (Å²) in [7, 11) is 1.37. The van der Waals surface area contributed by atoms with Crippen molar-refractivity contribution in [3.8, 4) is 11.8 Å². The fraction of sp³-hybridized carbons (Fsp3) is 0.105. The molecule has 2 aromatic carbocycles. The highest BCUT2D eigenvalue weighted by Gasteiger charge is 2.08. The van der Waals surface area contributed by atoms with Gasteiger partial charge in [-0.1, -0.05) is 36.1 Å². The second-order valence-electron chi connectivity index (χ2n) is 4.41. The van der Waals surface area contributed by atoms with Gasteiger partial charge in [-0.2, -0.15) is 0 Å². The van der Waals surface area contributed by atoms with Crippen molar-refractivity contribution in [1.82, 2.24) is 0 Å². The summed E-state index contributed by atoms with van der Waals surface area (Å²) in [6.07, 6.45) is 5.77. The molecule has 0 heterocycles. The van der Waals surface area contributed by atoms with Gasteiger partial charge in [0.25, 0.3) is 0 Å². The summed E-state index contributed by atoms with van der Waals surface area (Å²) in [6, 6.07) is 15.4. The van der Waals surface area contributed by atoms with Crippen molar-refractivity contribution in [2.24, 2.45) is 0 Å². The number of esters is 1. The number of ether oxygens (including phenoxy) is 1. The molecule has 2 rings (SSSR count). The Kier molecular flexibility index (Phi) is 5.88. The lowest BCUT2D eigenvalue weighted by atomic mass is 10.1. The van der Waals surface area contributed by atoms with E-state index in [-0.39, 0.29) is 5.97 Å². The van der Waals surface area contributed by atoms with Gasteiger partial charge in [-0.3, -0.25) is 0 Å². The first-order chi connectivity index (χ1) is 10.7. The lowest BCUT2D eigenvalue weighted by Gasteiger charge is -2.00. The van der Waals surface area contributed by atoms with Crippen molar-refractivity contribution in [2.75, 3.05) is 13.4 Å². The normalized spacial score (nSPS) is 10.1. The van der Waals surface area contributed by atoms with Crippen LogP contribution in [0.3, 0.4) is 0 Å². The van der Waals surface area contributed by atoms with E-state index in [9.17, 15) is 4.79 Å². The van der Waals surface area contributed by atoms with Crippen LogP contribution in [-0.4, -0.2) is 19.3 Å². The van der Waals surface area contributed by atoms with Crippen LogP contribution in [0.4, 0.5) is 0 Å². The van der Waals surface area contributed by atoms with E-state index in [1.165, 1.54) is 12.0 Å². The first kappa shape index (κ1) is 15.9. The Morgan fingerprint density at radius 2 is 1.86 bits per heavy atom. The maximum absolute atomic E-state index is 11.6. The van der Waals surface area contributed by atoms with Crippen LogP contribution in [0.15, 0.2) is 59.5 Å². The van der Waals surface area contributed by atoms with Gasteiger partial charge in [0, 0.05) is 10.5 Å². The average molecular weight is 308 g/mol. The van der Waals surface area contributed by atoms with E-state index in [0.717, 1.165) is 5.56 Å². The third-order valence-electron chi connectivity index (χ3n) is 3.01. The standard InChI is InChI=1S/C19H16O2S/c1-21-19(20)18-10-6-5-9-16(18)8-4-3-7-15-11-13-17(22-2)14-12-15/h3,5-7,9-14H,1-2H3/b7-3+. The predicted molar refractivity (Wildman–Crippen MR) is 91.9 cm³/mol. The molecule has 2 nitrogen and oxygen atoms in total. The van der Waals surface area contributed by atoms with Crippen LogP contribution in [0.25, 0.3) is 6.08 Å². The molecule has 0 N–H and O–H groups in total. The Labute approximate surface area is 135 Å². The van der Waals surface area contributed by atoms with Gasteiger partial charge in [0.15, 0.2) is 0 Å². The second-order valence-corrected chi connectivity index (χ2v) is 5.29. The van der Waals surface area contributed by atoms with Crippen LogP contribution in [0.2, 0.25) is 0 Å². The zero-order valence-corrected chi connectivity index (χ0v) is 13.3. The number of methoxy groups -OCH3 is 1. The lowest BCUT2D eigenvalue weighted by Crippen LogP contribution is -2.03. The SMILES string of the molecule is COC(=O)c1ccccc1C#C/C=C/c1ccc(SC)cc1. The molecule has 110 valence electrons. The molecular weight excluding hydrogens is 292 g/mol. The Morgan fingerprint density at radius 1 is 1.14 bits per heavy atom. The lowest BCUT2D eigenvalue weighted by molar-refractivity contribution is 0.0600. The quantitative estimate of drug-likeness (QED) is 0.481. The molecule has 0 saturated carbocycles. The second kappa shape index (κ2) is 8.11. The van der Waals surface area contributed by atoms with Crippen molar-refractivity contribution in [2.45, 2.75) is 4.90 Å². The molecule has 0 aliphatic heterocycles. The Morgan fingerprint density at radius 3 is 2.55 bits per heavy atom. The molecule has 0 radical (unpaired) electrons. The van der Waals surface area contributed by atoms with E-state index in [4.69, 9.17) is 4.74 Å². The fourth-order valence-corrected chi connectivity index (χ4v) is 2.26. The van der Waals surface area contributed by atoms with Crippen molar-refractivity contribution in [1.29, 1.82) is 0 Å². The first-order valence-electron chi connectivity index (χ1n) is 6.74. The third-order valence-corrected chi connectivity index (χ3v) is 3.76. The first-order valence-corrected chi connectivity index (χ1v) is 7.96. The molecule has 0 aliphatic rings. The zero-order chi connectivity index (χ0) is 15.8. The van der Waals surface area contributed by atoms with E-state index in [0.29, 0.717) is 11.1 Å². The number of allylic oxidation sites excluding steroid dienone is 1. The van der Waals surface area contributed by atoms with Crippen molar-refractivity contribution < 1.29 is 9.53 Å². The van der Waals surface area contributed by atoms with Crippen LogP contribution in [-0.2, 0) is 4.74 Å². The molecule has 0 aromatic heterocycles. The van der Waals surface area contributed by atoms with Gasteiger partial charge >= 0.3 is 5.97 Å². The highest BCUT2D eigenvalue weighted by atomic mass is 32.2. The molecule has 0 amide bonds. The van der Waals surface area contributed by atoms with E-state index in [1.54, 1.807) is 36.0 Å². The number of benzene rings is 2. The summed E-state index contributed by atoms with van der Waals surface area (Å²) in [6.45, 7) is 0. The third kappa shape index (κ3) is 4.28. The maximum Gasteiger partial charge on any atom is 0.339 e. The van der Waals surface area contributed by atoms with Gasteiger partial charge < -0.3 is 4.74 Å². The smallest absolute Gasteiger partial charge is 0.339 e. The highest BCUT2D eigenvalue weighted by Crippen LogP contribution is 2.15. The summed E-state index contributed by atoms with van der Waals surface area (Å²) >= 11 is 1.71. The molecule has 22 heavy (non-hydrogen) atoms. The number of thioether (sulfide) groups is 1. The number of carbonyl (C=O) groups excluding carboxylic acids is 1. The number of hydrogen-bond donors (Lipinski definition) is 0. The number of rotatable bonds is 3. The molecule has 0 aliphatic carbocycles.